The number of likely N-dealkylation sites (tertiary alicyclic amines) is 1. The van der Waals surface area contributed by atoms with Gasteiger partial charge in [-0.1, -0.05) is 0 Å². The lowest BCUT2D eigenvalue weighted by atomic mass is 10.0. The third kappa shape index (κ3) is 3.44. The molecule has 7 nitrogen and oxygen atoms in total. The molecule has 0 spiro atoms. The monoisotopic (exact) mass is 322 g/mol. The molecule has 126 valence electrons. The van der Waals surface area contributed by atoms with Crippen LogP contribution in [0.4, 0.5) is 4.79 Å². The van der Waals surface area contributed by atoms with E-state index in [0.29, 0.717) is 17.5 Å². The van der Waals surface area contributed by atoms with Crippen molar-refractivity contribution >= 4 is 6.09 Å². The number of fused-ring (bicyclic) bond motifs is 1. The van der Waals surface area contributed by atoms with Crippen LogP contribution in [0.15, 0.2) is 12.1 Å². The molecule has 1 N–H and O–H groups in total. The van der Waals surface area contributed by atoms with Gasteiger partial charge in [0.25, 0.3) is 0 Å². The summed E-state index contributed by atoms with van der Waals surface area (Å²) in [4.78, 5) is 13.2. The summed E-state index contributed by atoms with van der Waals surface area (Å²) < 4.78 is 20.9. The summed E-state index contributed by atoms with van der Waals surface area (Å²) in [6.07, 6.45) is 1.58. The topological polar surface area (TPSA) is 69.3 Å². The van der Waals surface area contributed by atoms with Crippen molar-refractivity contribution in [3.8, 4) is 17.2 Å². The Morgan fingerprint density at radius 2 is 2.09 bits per heavy atom. The van der Waals surface area contributed by atoms with Crippen LogP contribution >= 0.6 is 0 Å². The van der Waals surface area contributed by atoms with E-state index >= 15 is 0 Å². The minimum absolute atomic E-state index is 0.231. The van der Waals surface area contributed by atoms with Crippen molar-refractivity contribution < 1.29 is 23.7 Å². The molecule has 0 atom stereocenters. The van der Waals surface area contributed by atoms with Crippen LogP contribution in [0.1, 0.15) is 18.4 Å². The molecule has 1 amide bonds. The number of hydrogen-bond donors (Lipinski definition) is 1. The standard InChI is InChI=1S/C16H22N2O5/c1-20-13-7-11(8-14-15(13)23-10-22-14)9-17-12-3-5-18(6-4-12)16(19)21-2/h7-8,12,17H,3-6,9-10H2,1-2H3. The molecule has 0 saturated carbocycles. The smallest absolute Gasteiger partial charge is 0.409 e. The molecule has 2 aliphatic rings. The van der Waals surface area contributed by atoms with Gasteiger partial charge in [0.05, 0.1) is 14.2 Å². The molecule has 2 heterocycles. The molecule has 1 aromatic rings. The Balaban J connectivity index is 1.54. The molecule has 2 aliphatic heterocycles. The normalized spacial score (nSPS) is 17.2. The molecular formula is C16H22N2O5. The van der Waals surface area contributed by atoms with Gasteiger partial charge < -0.3 is 29.2 Å². The van der Waals surface area contributed by atoms with E-state index in [1.54, 1.807) is 12.0 Å². The van der Waals surface area contributed by atoms with Crippen LogP contribution in [0.3, 0.4) is 0 Å². The Bertz CT molecular complexity index is 570. The van der Waals surface area contributed by atoms with Crippen molar-refractivity contribution in [3.05, 3.63) is 17.7 Å². The first-order chi connectivity index (χ1) is 11.2. The van der Waals surface area contributed by atoms with Crippen molar-refractivity contribution in [2.24, 2.45) is 0 Å². The van der Waals surface area contributed by atoms with Crippen molar-refractivity contribution in [1.29, 1.82) is 0 Å². The number of ether oxygens (including phenoxy) is 4. The van der Waals surface area contributed by atoms with Gasteiger partial charge in [-0.25, -0.2) is 4.79 Å². The Hall–Kier alpha value is -2.15. The van der Waals surface area contributed by atoms with Crippen molar-refractivity contribution in [2.45, 2.75) is 25.4 Å². The van der Waals surface area contributed by atoms with E-state index in [1.165, 1.54) is 7.11 Å². The van der Waals surface area contributed by atoms with E-state index in [-0.39, 0.29) is 12.9 Å². The number of carbonyl (C=O) groups excluding carboxylic acids is 1. The minimum atomic E-state index is -0.246. The molecular weight excluding hydrogens is 300 g/mol. The first-order valence-corrected chi connectivity index (χ1v) is 7.74. The lowest BCUT2D eigenvalue weighted by Gasteiger charge is -2.31. The van der Waals surface area contributed by atoms with E-state index < -0.39 is 0 Å². The summed E-state index contributed by atoms with van der Waals surface area (Å²) in [6, 6.07) is 4.32. The van der Waals surface area contributed by atoms with Gasteiger partial charge in [-0.3, -0.25) is 0 Å². The van der Waals surface area contributed by atoms with Gasteiger partial charge in [0.2, 0.25) is 12.5 Å². The summed E-state index contributed by atoms with van der Waals surface area (Å²) in [5.74, 6) is 2.08. The van der Waals surface area contributed by atoms with Crippen LogP contribution in [-0.4, -0.2) is 51.1 Å². The predicted molar refractivity (Wildman–Crippen MR) is 83.0 cm³/mol. The number of rotatable bonds is 4. The third-order valence-corrected chi connectivity index (χ3v) is 4.24. The largest absolute Gasteiger partial charge is 0.493 e. The first-order valence-electron chi connectivity index (χ1n) is 7.74. The van der Waals surface area contributed by atoms with Gasteiger partial charge in [0, 0.05) is 25.7 Å². The van der Waals surface area contributed by atoms with Crippen molar-refractivity contribution in [1.82, 2.24) is 10.2 Å². The van der Waals surface area contributed by atoms with E-state index in [2.05, 4.69) is 5.32 Å². The highest BCUT2D eigenvalue weighted by Crippen LogP contribution is 2.41. The van der Waals surface area contributed by atoms with E-state index in [0.717, 1.165) is 43.8 Å². The molecule has 0 unspecified atom stereocenters. The maximum Gasteiger partial charge on any atom is 0.409 e. The lowest BCUT2D eigenvalue weighted by Crippen LogP contribution is -2.44. The number of benzene rings is 1. The molecule has 0 radical (unpaired) electrons. The number of carbonyl (C=O) groups is 1. The summed E-state index contributed by atoms with van der Waals surface area (Å²) in [7, 11) is 3.04. The summed E-state index contributed by atoms with van der Waals surface area (Å²) >= 11 is 0. The van der Waals surface area contributed by atoms with Crippen LogP contribution in [0.2, 0.25) is 0 Å². The third-order valence-electron chi connectivity index (χ3n) is 4.24. The summed E-state index contributed by atoms with van der Waals surface area (Å²) in [5, 5.41) is 3.53. The SMILES string of the molecule is COC(=O)N1CCC(NCc2cc(OC)c3c(c2)OCO3)CC1. The van der Waals surface area contributed by atoms with Crippen LogP contribution in [0, 0.1) is 0 Å². The van der Waals surface area contributed by atoms with E-state index in [1.807, 2.05) is 12.1 Å². The summed E-state index contributed by atoms with van der Waals surface area (Å²) in [6.45, 7) is 2.38. The zero-order chi connectivity index (χ0) is 16.2. The number of hydrogen-bond acceptors (Lipinski definition) is 6. The van der Waals surface area contributed by atoms with E-state index in [9.17, 15) is 4.79 Å². The second-order valence-electron chi connectivity index (χ2n) is 5.64. The van der Waals surface area contributed by atoms with Crippen LogP contribution in [0.5, 0.6) is 17.2 Å². The van der Waals surface area contributed by atoms with Gasteiger partial charge in [0.15, 0.2) is 11.5 Å². The number of nitrogens with one attached hydrogen (secondary N) is 1. The highest BCUT2D eigenvalue weighted by molar-refractivity contribution is 5.67. The van der Waals surface area contributed by atoms with E-state index in [4.69, 9.17) is 18.9 Å². The fourth-order valence-electron chi connectivity index (χ4n) is 2.94. The highest BCUT2D eigenvalue weighted by atomic mass is 16.7. The number of nitrogens with zero attached hydrogens (tertiary/aromatic N) is 1. The van der Waals surface area contributed by atoms with Crippen LogP contribution < -0.4 is 19.5 Å². The number of piperidine rings is 1. The molecule has 1 fully saturated rings. The zero-order valence-corrected chi connectivity index (χ0v) is 13.5. The highest BCUT2D eigenvalue weighted by Gasteiger charge is 2.24. The maximum atomic E-state index is 11.5. The molecule has 0 aromatic heterocycles. The molecule has 7 heteroatoms. The maximum absolute atomic E-state index is 11.5. The van der Waals surface area contributed by atoms with Crippen molar-refractivity contribution in [2.75, 3.05) is 34.1 Å². The second-order valence-corrected chi connectivity index (χ2v) is 5.64. The molecule has 0 aliphatic carbocycles. The molecule has 1 aromatic carbocycles. The second kappa shape index (κ2) is 6.95. The quantitative estimate of drug-likeness (QED) is 0.911. The Morgan fingerprint density at radius 1 is 1.30 bits per heavy atom. The van der Waals surface area contributed by atoms with Gasteiger partial charge in [-0.15, -0.1) is 0 Å². The van der Waals surface area contributed by atoms with Gasteiger partial charge >= 0.3 is 6.09 Å². The number of amides is 1. The summed E-state index contributed by atoms with van der Waals surface area (Å²) in [5.41, 5.74) is 1.08. The molecule has 23 heavy (non-hydrogen) atoms. The zero-order valence-electron chi connectivity index (χ0n) is 13.5. The molecule has 3 rings (SSSR count). The molecule has 1 saturated heterocycles. The number of methoxy groups -OCH3 is 2. The van der Waals surface area contributed by atoms with Crippen molar-refractivity contribution in [3.63, 3.8) is 0 Å². The van der Waals surface area contributed by atoms with Gasteiger partial charge in [-0.2, -0.15) is 0 Å². The average Bonchev–Trinajstić information content (AvgIpc) is 3.07. The first kappa shape index (κ1) is 15.7. The fraction of sp³-hybridized carbons (Fsp3) is 0.562. The minimum Gasteiger partial charge on any atom is -0.493 e. The van der Waals surface area contributed by atoms with Crippen LogP contribution in [-0.2, 0) is 11.3 Å². The van der Waals surface area contributed by atoms with Gasteiger partial charge in [0.1, 0.15) is 0 Å². The Kier molecular flexibility index (Phi) is 4.76. The Morgan fingerprint density at radius 3 is 2.78 bits per heavy atom. The van der Waals surface area contributed by atoms with Gasteiger partial charge in [-0.05, 0) is 30.5 Å². The van der Waals surface area contributed by atoms with Crippen LogP contribution in [0.25, 0.3) is 0 Å². The fourth-order valence-corrected chi connectivity index (χ4v) is 2.94. The predicted octanol–water partition coefficient (Wildman–Crippen LogP) is 1.74. The lowest BCUT2D eigenvalue weighted by molar-refractivity contribution is 0.109. The molecule has 0 bridgehead atoms. The Labute approximate surface area is 135 Å². The average molecular weight is 322 g/mol.